The first-order valence-electron chi connectivity index (χ1n) is 11.1. The molecule has 0 fully saturated rings. The predicted octanol–water partition coefficient (Wildman–Crippen LogP) is 5.30. The van der Waals surface area contributed by atoms with Crippen LogP contribution in [0.3, 0.4) is 0 Å². The van der Waals surface area contributed by atoms with Crippen molar-refractivity contribution in [2.45, 2.75) is 49.6 Å². The Kier molecular flexibility index (Phi) is 6.42. The minimum Gasteiger partial charge on any atom is -0.487 e. The number of rotatable bonds is 7. The summed E-state index contributed by atoms with van der Waals surface area (Å²) < 4.78 is 34.2. The molecule has 7 heteroatoms. The third-order valence-electron chi connectivity index (χ3n) is 6.22. The number of anilines is 1. The third-order valence-corrected chi connectivity index (χ3v) is 7.62. The van der Waals surface area contributed by atoms with Crippen LogP contribution in [0.15, 0.2) is 83.8 Å². The number of carbonyl (C=O) groups is 1. The van der Waals surface area contributed by atoms with Gasteiger partial charge in [-0.3, -0.25) is 9.52 Å². The Morgan fingerprint density at radius 1 is 0.970 bits per heavy atom. The van der Waals surface area contributed by atoms with Crippen LogP contribution in [0.2, 0.25) is 0 Å². The molecule has 0 bridgehead atoms. The van der Waals surface area contributed by atoms with Crippen molar-refractivity contribution in [1.82, 2.24) is 5.32 Å². The highest BCUT2D eigenvalue weighted by Gasteiger charge is 2.39. The standard InChI is InChI=1S/C26H28N2O4S/c1-3-26(4-2)18-23(22-15-8-9-16-24(22)32-26)27-25(29)19-11-10-12-20(17-19)28-33(30,31)21-13-6-5-7-14-21/h5-17,23,28H,3-4,18H2,1-2H3,(H,27,29). The van der Waals surface area contributed by atoms with Crippen molar-refractivity contribution in [3.8, 4) is 5.75 Å². The van der Waals surface area contributed by atoms with Crippen molar-refractivity contribution in [3.05, 3.63) is 90.0 Å². The van der Waals surface area contributed by atoms with Crippen LogP contribution >= 0.6 is 0 Å². The maximum absolute atomic E-state index is 13.2. The van der Waals surface area contributed by atoms with E-state index in [4.69, 9.17) is 4.74 Å². The molecule has 1 aliphatic rings. The topological polar surface area (TPSA) is 84.5 Å². The Morgan fingerprint density at radius 3 is 2.39 bits per heavy atom. The van der Waals surface area contributed by atoms with Crippen LogP contribution in [0.25, 0.3) is 0 Å². The average molecular weight is 465 g/mol. The van der Waals surface area contributed by atoms with Gasteiger partial charge in [-0.05, 0) is 49.2 Å². The summed E-state index contributed by atoms with van der Waals surface area (Å²) in [6.45, 7) is 4.19. The fourth-order valence-corrected chi connectivity index (χ4v) is 5.28. The number of benzene rings is 3. The van der Waals surface area contributed by atoms with E-state index in [-0.39, 0.29) is 22.4 Å². The fourth-order valence-electron chi connectivity index (χ4n) is 4.21. The van der Waals surface area contributed by atoms with Crippen molar-refractivity contribution < 1.29 is 17.9 Å². The van der Waals surface area contributed by atoms with Crippen LogP contribution < -0.4 is 14.8 Å². The lowest BCUT2D eigenvalue weighted by Gasteiger charge is -2.41. The lowest BCUT2D eigenvalue weighted by atomic mass is 9.83. The van der Waals surface area contributed by atoms with Gasteiger partial charge in [0.15, 0.2) is 0 Å². The van der Waals surface area contributed by atoms with Crippen LogP contribution in [0.1, 0.15) is 55.1 Å². The second-order valence-corrected chi connectivity index (χ2v) is 9.94. The molecule has 0 aliphatic carbocycles. The second kappa shape index (κ2) is 9.27. The van der Waals surface area contributed by atoms with Gasteiger partial charge in [0, 0.05) is 23.2 Å². The molecule has 0 spiro atoms. The molecule has 3 aromatic rings. The molecule has 1 atom stereocenters. The molecule has 0 saturated heterocycles. The molecule has 1 unspecified atom stereocenters. The van der Waals surface area contributed by atoms with Gasteiger partial charge in [0.25, 0.3) is 15.9 Å². The Hall–Kier alpha value is -3.32. The van der Waals surface area contributed by atoms with Crippen LogP contribution in [-0.4, -0.2) is 19.9 Å². The van der Waals surface area contributed by atoms with Crippen LogP contribution in [0.5, 0.6) is 5.75 Å². The fraction of sp³-hybridized carbons (Fsp3) is 0.269. The largest absolute Gasteiger partial charge is 0.487 e. The van der Waals surface area contributed by atoms with E-state index in [9.17, 15) is 13.2 Å². The number of amides is 1. The van der Waals surface area contributed by atoms with Crippen molar-refractivity contribution in [1.29, 1.82) is 0 Å². The highest BCUT2D eigenvalue weighted by molar-refractivity contribution is 7.92. The van der Waals surface area contributed by atoms with Gasteiger partial charge in [0.1, 0.15) is 11.4 Å². The summed E-state index contributed by atoms with van der Waals surface area (Å²) >= 11 is 0. The van der Waals surface area contributed by atoms with Gasteiger partial charge in [-0.1, -0.05) is 56.3 Å². The molecule has 0 radical (unpaired) electrons. The van der Waals surface area contributed by atoms with E-state index in [1.807, 2.05) is 24.3 Å². The van der Waals surface area contributed by atoms with E-state index in [1.54, 1.807) is 42.5 Å². The second-order valence-electron chi connectivity index (χ2n) is 8.26. The van der Waals surface area contributed by atoms with Crippen LogP contribution in [0.4, 0.5) is 5.69 Å². The molecule has 172 valence electrons. The SMILES string of the molecule is CCC1(CC)CC(NC(=O)c2cccc(NS(=O)(=O)c3ccccc3)c2)c2ccccc2O1. The van der Waals surface area contributed by atoms with Gasteiger partial charge in [0.2, 0.25) is 0 Å². The van der Waals surface area contributed by atoms with Crippen molar-refractivity contribution >= 4 is 21.6 Å². The average Bonchev–Trinajstić information content (AvgIpc) is 2.84. The minimum absolute atomic E-state index is 0.161. The van der Waals surface area contributed by atoms with Crippen LogP contribution in [0, 0.1) is 0 Å². The van der Waals surface area contributed by atoms with E-state index < -0.39 is 10.0 Å². The first kappa shape index (κ1) is 22.9. The molecule has 33 heavy (non-hydrogen) atoms. The number of nitrogens with one attached hydrogen (secondary N) is 2. The van der Waals surface area contributed by atoms with E-state index in [0.717, 1.165) is 24.2 Å². The number of carbonyl (C=O) groups excluding carboxylic acids is 1. The normalized spacial score (nSPS) is 16.8. The number of sulfonamides is 1. The number of hydrogen-bond donors (Lipinski definition) is 2. The first-order chi connectivity index (χ1) is 15.9. The molecular formula is C26H28N2O4S. The molecular weight excluding hydrogens is 436 g/mol. The summed E-state index contributed by atoms with van der Waals surface area (Å²) in [7, 11) is -3.74. The van der Waals surface area contributed by atoms with Gasteiger partial charge in [-0.25, -0.2) is 8.42 Å². The quantitative estimate of drug-likeness (QED) is 0.497. The smallest absolute Gasteiger partial charge is 0.261 e. The predicted molar refractivity (Wildman–Crippen MR) is 129 cm³/mol. The summed E-state index contributed by atoms with van der Waals surface area (Å²) in [5.41, 5.74) is 1.32. The maximum Gasteiger partial charge on any atom is 0.261 e. The zero-order valence-electron chi connectivity index (χ0n) is 18.7. The highest BCUT2D eigenvalue weighted by Crippen LogP contribution is 2.42. The van der Waals surface area contributed by atoms with Gasteiger partial charge in [0.05, 0.1) is 10.9 Å². The van der Waals surface area contributed by atoms with Gasteiger partial charge in [-0.15, -0.1) is 0 Å². The number of hydrogen-bond acceptors (Lipinski definition) is 4. The molecule has 3 aromatic carbocycles. The van der Waals surface area contributed by atoms with E-state index in [2.05, 4.69) is 23.9 Å². The van der Waals surface area contributed by atoms with Crippen molar-refractivity contribution in [3.63, 3.8) is 0 Å². The summed E-state index contributed by atoms with van der Waals surface area (Å²) in [6, 6.07) is 22.2. The van der Waals surface area contributed by atoms with Gasteiger partial charge >= 0.3 is 0 Å². The summed E-state index contributed by atoms with van der Waals surface area (Å²) in [4.78, 5) is 13.3. The van der Waals surface area contributed by atoms with E-state index in [0.29, 0.717) is 17.7 Å². The number of para-hydroxylation sites is 1. The summed E-state index contributed by atoms with van der Waals surface area (Å²) in [5, 5.41) is 3.14. The molecule has 4 rings (SSSR count). The monoisotopic (exact) mass is 464 g/mol. The molecule has 2 N–H and O–H groups in total. The highest BCUT2D eigenvalue weighted by atomic mass is 32.2. The van der Waals surface area contributed by atoms with Crippen molar-refractivity contribution in [2.24, 2.45) is 0 Å². The molecule has 0 aromatic heterocycles. The zero-order valence-corrected chi connectivity index (χ0v) is 19.6. The molecule has 0 saturated carbocycles. The zero-order chi connectivity index (χ0) is 23.5. The first-order valence-corrected chi connectivity index (χ1v) is 12.6. The summed E-state index contributed by atoms with van der Waals surface area (Å²) in [6.07, 6.45) is 2.34. The third kappa shape index (κ3) is 4.88. The maximum atomic E-state index is 13.2. The van der Waals surface area contributed by atoms with Gasteiger partial charge < -0.3 is 10.1 Å². The van der Waals surface area contributed by atoms with E-state index >= 15 is 0 Å². The lowest BCUT2D eigenvalue weighted by Crippen LogP contribution is -2.44. The minimum atomic E-state index is -3.74. The Balaban J connectivity index is 1.56. The lowest BCUT2D eigenvalue weighted by molar-refractivity contribution is 0.0227. The molecule has 6 nitrogen and oxygen atoms in total. The van der Waals surface area contributed by atoms with Crippen molar-refractivity contribution in [2.75, 3.05) is 4.72 Å². The van der Waals surface area contributed by atoms with Crippen LogP contribution in [-0.2, 0) is 10.0 Å². The Bertz CT molecular complexity index is 1240. The molecule has 1 heterocycles. The number of fused-ring (bicyclic) bond motifs is 1. The van der Waals surface area contributed by atoms with E-state index in [1.165, 1.54) is 12.1 Å². The molecule has 1 amide bonds. The summed E-state index contributed by atoms with van der Waals surface area (Å²) in [5.74, 6) is 0.528. The number of ether oxygens (including phenoxy) is 1. The Labute approximate surface area is 195 Å². The van der Waals surface area contributed by atoms with Gasteiger partial charge in [-0.2, -0.15) is 0 Å². The Morgan fingerprint density at radius 2 is 1.67 bits per heavy atom. The molecule has 1 aliphatic heterocycles.